The number of thiophene rings is 1. The van der Waals surface area contributed by atoms with Crippen LogP contribution in [0.1, 0.15) is 22.5 Å². The number of rotatable bonds is 12. The van der Waals surface area contributed by atoms with Crippen molar-refractivity contribution in [3.8, 4) is 11.1 Å². The number of pyridine rings is 1. The third-order valence-electron chi connectivity index (χ3n) is 4.92. The Hall–Kier alpha value is -3.00. The maximum Gasteiger partial charge on any atom is 0.262 e. The second-order valence-corrected chi connectivity index (χ2v) is 9.99. The Bertz CT molecular complexity index is 1250. The van der Waals surface area contributed by atoms with E-state index in [1.54, 1.807) is 42.7 Å². The number of sulfonamides is 1. The van der Waals surface area contributed by atoms with Gasteiger partial charge in [-0.25, -0.2) is 8.42 Å². The lowest BCUT2D eigenvalue weighted by molar-refractivity contribution is -0.116. The second kappa shape index (κ2) is 11.4. The molecule has 12 heteroatoms. The third kappa shape index (κ3) is 6.32. The van der Waals surface area contributed by atoms with Crippen LogP contribution in [0.3, 0.4) is 0 Å². The summed E-state index contributed by atoms with van der Waals surface area (Å²) >= 11 is 0.966. The standard InChI is InChI=1S/C22H26N6O4S2/c23-16(5-3-10-27-22(24)25)19(29)20(30)21-17(9-13-33-21)28-34(31,32)18-6-2-1-4-15(18)14-7-11-26-12-8-14/h1-2,4,6-9,11-13,16,22,27-28H,3,5,10,23-25H2/t16-/m0/s1. The van der Waals surface area contributed by atoms with Crippen LogP contribution in [0.5, 0.6) is 0 Å². The summed E-state index contributed by atoms with van der Waals surface area (Å²) in [7, 11) is -4.08. The zero-order valence-electron chi connectivity index (χ0n) is 18.2. The van der Waals surface area contributed by atoms with Gasteiger partial charge in [0.15, 0.2) is 0 Å². The number of benzene rings is 1. The Labute approximate surface area is 201 Å². The average molecular weight is 503 g/mol. The van der Waals surface area contributed by atoms with Crippen LogP contribution in [0.4, 0.5) is 5.69 Å². The summed E-state index contributed by atoms with van der Waals surface area (Å²) in [5.41, 5.74) is 17.8. The van der Waals surface area contributed by atoms with E-state index >= 15 is 0 Å². The van der Waals surface area contributed by atoms with Crippen LogP contribution in [0.15, 0.2) is 65.1 Å². The minimum Gasteiger partial charge on any atom is -0.321 e. The zero-order valence-corrected chi connectivity index (χ0v) is 19.8. The van der Waals surface area contributed by atoms with Gasteiger partial charge in [0.25, 0.3) is 10.0 Å². The van der Waals surface area contributed by atoms with Gasteiger partial charge in [-0.3, -0.25) is 24.6 Å². The maximum absolute atomic E-state index is 13.2. The van der Waals surface area contributed by atoms with E-state index in [1.807, 2.05) is 0 Å². The summed E-state index contributed by atoms with van der Waals surface area (Å²) in [5.74, 6) is -1.64. The van der Waals surface area contributed by atoms with Gasteiger partial charge in [0.1, 0.15) is 11.2 Å². The number of nitrogens with two attached hydrogens (primary N) is 3. The van der Waals surface area contributed by atoms with Crippen LogP contribution < -0.4 is 27.2 Å². The van der Waals surface area contributed by atoms with Crippen LogP contribution in [0.25, 0.3) is 11.1 Å². The van der Waals surface area contributed by atoms with E-state index in [0.717, 1.165) is 11.3 Å². The molecule has 0 saturated heterocycles. The van der Waals surface area contributed by atoms with Crippen molar-refractivity contribution in [2.24, 2.45) is 17.2 Å². The van der Waals surface area contributed by atoms with E-state index in [-0.39, 0.29) is 21.9 Å². The number of hydrogen-bond donors (Lipinski definition) is 5. The lowest BCUT2D eigenvalue weighted by atomic mass is 10.0. The van der Waals surface area contributed by atoms with Gasteiger partial charge in [-0.2, -0.15) is 0 Å². The van der Waals surface area contributed by atoms with Crippen LogP contribution in [0, 0.1) is 0 Å². The molecule has 2 heterocycles. The van der Waals surface area contributed by atoms with Crippen molar-refractivity contribution in [1.82, 2.24) is 10.3 Å². The summed E-state index contributed by atoms with van der Waals surface area (Å²) < 4.78 is 28.9. The molecule has 8 N–H and O–H groups in total. The van der Waals surface area contributed by atoms with E-state index in [0.29, 0.717) is 24.1 Å². The highest BCUT2D eigenvalue weighted by atomic mass is 32.2. The van der Waals surface area contributed by atoms with Gasteiger partial charge in [-0.05, 0) is 54.6 Å². The summed E-state index contributed by atoms with van der Waals surface area (Å²) in [6.45, 7) is 0.438. The molecule has 0 bridgehead atoms. The molecule has 0 amide bonds. The van der Waals surface area contributed by atoms with Crippen LogP contribution in [0.2, 0.25) is 0 Å². The molecule has 0 radical (unpaired) electrons. The number of nitrogens with zero attached hydrogens (tertiary/aromatic N) is 1. The summed E-state index contributed by atoms with van der Waals surface area (Å²) in [6.07, 6.45) is 3.18. The molecule has 180 valence electrons. The first-order chi connectivity index (χ1) is 16.2. The van der Waals surface area contributed by atoms with Gasteiger partial charge in [-0.1, -0.05) is 18.2 Å². The number of ketones is 2. The number of hydrogen-bond acceptors (Lipinski definition) is 10. The number of anilines is 1. The Morgan fingerprint density at radius 1 is 1.03 bits per heavy atom. The second-order valence-electron chi connectivity index (χ2n) is 7.42. The van der Waals surface area contributed by atoms with Gasteiger partial charge in [0.05, 0.1) is 16.6 Å². The van der Waals surface area contributed by atoms with Crippen LogP contribution >= 0.6 is 11.3 Å². The molecule has 0 aliphatic rings. The summed E-state index contributed by atoms with van der Waals surface area (Å²) in [5, 5.41) is 4.32. The number of aromatic nitrogens is 1. The topological polar surface area (TPSA) is 183 Å². The quantitative estimate of drug-likeness (QED) is 0.105. The van der Waals surface area contributed by atoms with Crippen LogP contribution in [-0.4, -0.2) is 43.8 Å². The number of Topliss-reactive ketones (excluding diaryl/α,β-unsaturated/α-hetero) is 2. The van der Waals surface area contributed by atoms with Gasteiger partial charge in [-0.15, -0.1) is 11.3 Å². The molecule has 0 saturated carbocycles. The molecule has 3 rings (SSSR count). The fourth-order valence-corrected chi connectivity index (χ4v) is 5.40. The van der Waals surface area contributed by atoms with Crippen molar-refractivity contribution in [3.63, 3.8) is 0 Å². The van der Waals surface area contributed by atoms with Crippen molar-refractivity contribution in [2.45, 2.75) is 30.1 Å². The van der Waals surface area contributed by atoms with E-state index in [2.05, 4.69) is 15.0 Å². The van der Waals surface area contributed by atoms with Crippen molar-refractivity contribution in [1.29, 1.82) is 0 Å². The van der Waals surface area contributed by atoms with Crippen molar-refractivity contribution >= 4 is 38.6 Å². The molecule has 0 aliphatic heterocycles. The molecule has 0 fully saturated rings. The highest BCUT2D eigenvalue weighted by Crippen LogP contribution is 2.31. The lowest BCUT2D eigenvalue weighted by Crippen LogP contribution is -2.46. The normalized spacial score (nSPS) is 12.5. The van der Waals surface area contributed by atoms with Gasteiger partial charge >= 0.3 is 0 Å². The molecule has 0 unspecified atom stereocenters. The molecule has 2 aromatic heterocycles. The Morgan fingerprint density at radius 3 is 2.44 bits per heavy atom. The van der Waals surface area contributed by atoms with E-state index in [1.165, 1.54) is 17.5 Å². The maximum atomic E-state index is 13.2. The molecular formula is C22H26N6O4S2. The van der Waals surface area contributed by atoms with E-state index in [9.17, 15) is 18.0 Å². The SMILES string of the molecule is NC(N)NCCC[C@H](N)C(=O)C(=O)c1sccc1NS(=O)(=O)c1ccccc1-c1ccncc1. The van der Waals surface area contributed by atoms with E-state index in [4.69, 9.17) is 17.2 Å². The number of carbonyl (C=O) groups excluding carboxylic acids is 2. The van der Waals surface area contributed by atoms with Crippen molar-refractivity contribution in [2.75, 3.05) is 11.3 Å². The molecule has 10 nitrogen and oxygen atoms in total. The molecule has 3 aromatic rings. The molecular weight excluding hydrogens is 476 g/mol. The Morgan fingerprint density at radius 2 is 1.74 bits per heavy atom. The first kappa shape index (κ1) is 25.6. The Kier molecular flexibility index (Phi) is 8.61. The minimum atomic E-state index is -4.08. The summed E-state index contributed by atoms with van der Waals surface area (Å²) in [6, 6.07) is 10.3. The number of carbonyl (C=O) groups is 2. The van der Waals surface area contributed by atoms with E-state index < -0.39 is 33.9 Å². The zero-order chi connectivity index (χ0) is 24.7. The molecule has 1 aromatic carbocycles. The monoisotopic (exact) mass is 502 g/mol. The van der Waals surface area contributed by atoms with Crippen molar-refractivity contribution < 1.29 is 18.0 Å². The lowest BCUT2D eigenvalue weighted by Gasteiger charge is -2.14. The van der Waals surface area contributed by atoms with Gasteiger partial charge in [0, 0.05) is 18.0 Å². The molecule has 0 spiro atoms. The molecule has 34 heavy (non-hydrogen) atoms. The van der Waals surface area contributed by atoms with Gasteiger partial charge < -0.3 is 17.2 Å². The fourth-order valence-electron chi connectivity index (χ4n) is 3.24. The fraction of sp³-hybridized carbons (Fsp3) is 0.227. The van der Waals surface area contributed by atoms with Crippen molar-refractivity contribution in [3.05, 3.63) is 65.1 Å². The Balaban J connectivity index is 1.78. The number of nitrogens with one attached hydrogen (secondary N) is 2. The highest BCUT2D eigenvalue weighted by Gasteiger charge is 2.28. The predicted octanol–water partition coefficient (Wildman–Crippen LogP) is 1.26. The third-order valence-corrected chi connectivity index (χ3v) is 7.25. The first-order valence-corrected chi connectivity index (χ1v) is 12.8. The average Bonchev–Trinajstić information content (AvgIpc) is 3.28. The largest absolute Gasteiger partial charge is 0.321 e. The molecule has 1 atom stereocenters. The predicted molar refractivity (Wildman–Crippen MR) is 132 cm³/mol. The first-order valence-electron chi connectivity index (χ1n) is 10.4. The summed E-state index contributed by atoms with van der Waals surface area (Å²) in [4.78, 5) is 29.3. The minimum absolute atomic E-state index is 0.0208. The smallest absolute Gasteiger partial charge is 0.262 e. The van der Waals surface area contributed by atoms with Crippen LogP contribution in [-0.2, 0) is 14.8 Å². The highest BCUT2D eigenvalue weighted by molar-refractivity contribution is 7.92. The van der Waals surface area contributed by atoms with Gasteiger partial charge in [0.2, 0.25) is 11.6 Å². The molecule has 0 aliphatic carbocycles.